The van der Waals surface area contributed by atoms with E-state index in [0.717, 1.165) is 38.8 Å². The molecular weight excluding hydrogens is 362 g/mol. The number of benzene rings is 1. The van der Waals surface area contributed by atoms with Crippen molar-refractivity contribution in [3.05, 3.63) is 35.9 Å². The first-order chi connectivity index (χ1) is 13.0. The molecule has 1 saturated heterocycles. The summed E-state index contributed by atoms with van der Waals surface area (Å²) in [7, 11) is -3.12. The smallest absolute Gasteiger partial charge is 0.251 e. The average Bonchev–Trinajstić information content (AvgIpc) is 2.73. The van der Waals surface area contributed by atoms with E-state index < -0.39 is 10.0 Å². The zero-order valence-corrected chi connectivity index (χ0v) is 17.0. The third kappa shape index (κ3) is 4.70. The Balaban J connectivity index is 1.66. The van der Waals surface area contributed by atoms with E-state index in [1.165, 1.54) is 6.42 Å². The Bertz CT molecular complexity index is 722. The maximum absolute atomic E-state index is 12.5. The second-order valence-electron chi connectivity index (χ2n) is 7.62. The van der Waals surface area contributed by atoms with Crippen molar-refractivity contribution in [2.75, 3.05) is 38.5 Å². The van der Waals surface area contributed by atoms with Crippen LogP contribution in [0.1, 0.15) is 49.4 Å². The molecular formula is C20H31N3O3S. The van der Waals surface area contributed by atoms with Gasteiger partial charge < -0.3 is 5.32 Å². The highest BCUT2D eigenvalue weighted by Crippen LogP contribution is 2.34. The third-order valence-electron chi connectivity index (χ3n) is 6.07. The molecule has 1 aliphatic heterocycles. The Morgan fingerprint density at radius 2 is 1.67 bits per heavy atom. The van der Waals surface area contributed by atoms with Crippen LogP contribution in [0.15, 0.2) is 30.3 Å². The van der Waals surface area contributed by atoms with Crippen LogP contribution < -0.4 is 5.32 Å². The Hall–Kier alpha value is -1.44. The summed E-state index contributed by atoms with van der Waals surface area (Å²) in [6.07, 6.45) is 5.67. The van der Waals surface area contributed by atoms with Crippen molar-refractivity contribution in [3.8, 4) is 0 Å². The standard InChI is InChI=1S/C20H31N3O3S/c1-2-27(25,26)23-15-13-22(14-16-23)20(11-7-4-8-12-20)17-21-19(24)18-9-5-3-6-10-18/h3,5-6,9-10H,2,4,7-8,11-17H2,1H3,(H,21,24). The summed E-state index contributed by atoms with van der Waals surface area (Å²) in [5.41, 5.74) is 0.632. The monoisotopic (exact) mass is 393 g/mol. The highest BCUT2D eigenvalue weighted by atomic mass is 32.2. The van der Waals surface area contributed by atoms with E-state index in [2.05, 4.69) is 10.2 Å². The lowest BCUT2D eigenvalue weighted by Crippen LogP contribution is -2.62. The van der Waals surface area contributed by atoms with Crippen molar-refractivity contribution in [1.29, 1.82) is 0 Å². The SMILES string of the molecule is CCS(=O)(=O)N1CCN(C2(CNC(=O)c3ccccc3)CCCCC2)CC1. The minimum absolute atomic E-state index is 0.0345. The lowest BCUT2D eigenvalue weighted by molar-refractivity contribution is 0.0240. The number of amides is 1. The highest BCUT2D eigenvalue weighted by Gasteiger charge is 2.40. The van der Waals surface area contributed by atoms with Crippen LogP contribution in [0.2, 0.25) is 0 Å². The molecule has 1 aromatic rings. The number of nitrogens with one attached hydrogen (secondary N) is 1. The molecule has 1 aromatic carbocycles. The van der Waals surface area contributed by atoms with Gasteiger partial charge in [-0.3, -0.25) is 9.69 Å². The van der Waals surface area contributed by atoms with Crippen LogP contribution >= 0.6 is 0 Å². The summed E-state index contributed by atoms with van der Waals surface area (Å²) in [4.78, 5) is 14.9. The van der Waals surface area contributed by atoms with Crippen LogP contribution in [0.4, 0.5) is 0 Å². The van der Waals surface area contributed by atoms with E-state index >= 15 is 0 Å². The van der Waals surface area contributed by atoms with Crippen LogP contribution in [0, 0.1) is 0 Å². The minimum Gasteiger partial charge on any atom is -0.350 e. The van der Waals surface area contributed by atoms with Gasteiger partial charge in [-0.05, 0) is 31.9 Å². The van der Waals surface area contributed by atoms with Gasteiger partial charge in [-0.2, -0.15) is 4.31 Å². The molecule has 2 fully saturated rings. The maximum Gasteiger partial charge on any atom is 0.251 e. The normalized spacial score (nSPS) is 21.7. The summed E-state index contributed by atoms with van der Waals surface area (Å²) in [6.45, 7) is 4.89. The Labute approximate surface area is 163 Å². The molecule has 1 amide bonds. The van der Waals surface area contributed by atoms with E-state index in [0.29, 0.717) is 25.2 Å². The predicted molar refractivity (Wildman–Crippen MR) is 107 cm³/mol. The fourth-order valence-corrected chi connectivity index (χ4v) is 5.46. The number of carbonyl (C=O) groups is 1. The van der Waals surface area contributed by atoms with Gasteiger partial charge in [0.2, 0.25) is 10.0 Å². The van der Waals surface area contributed by atoms with Crippen LogP contribution in [0.25, 0.3) is 0 Å². The van der Waals surface area contributed by atoms with Crippen molar-refractivity contribution in [2.24, 2.45) is 0 Å². The first-order valence-corrected chi connectivity index (χ1v) is 11.6. The van der Waals surface area contributed by atoms with Crippen molar-refractivity contribution < 1.29 is 13.2 Å². The second kappa shape index (κ2) is 8.71. The first-order valence-electron chi connectivity index (χ1n) is 10.0. The number of nitrogens with zero attached hydrogens (tertiary/aromatic N) is 2. The van der Waals surface area contributed by atoms with Crippen LogP contribution in [0.5, 0.6) is 0 Å². The van der Waals surface area contributed by atoms with E-state index in [1.54, 1.807) is 11.2 Å². The first kappa shape index (κ1) is 20.3. The van der Waals surface area contributed by atoms with Crippen LogP contribution in [-0.2, 0) is 10.0 Å². The molecule has 0 unspecified atom stereocenters. The molecule has 6 nitrogen and oxygen atoms in total. The van der Waals surface area contributed by atoms with Gasteiger partial charge in [-0.25, -0.2) is 8.42 Å². The Morgan fingerprint density at radius 3 is 2.26 bits per heavy atom. The minimum atomic E-state index is -3.12. The molecule has 7 heteroatoms. The summed E-state index contributed by atoms with van der Waals surface area (Å²) in [5.74, 6) is 0.124. The van der Waals surface area contributed by atoms with Gasteiger partial charge >= 0.3 is 0 Å². The Kier molecular flexibility index (Phi) is 6.55. The predicted octanol–water partition coefficient (Wildman–Crippen LogP) is 2.09. The van der Waals surface area contributed by atoms with Gasteiger partial charge in [0.25, 0.3) is 5.91 Å². The lowest BCUT2D eigenvalue weighted by atomic mass is 9.79. The number of carbonyl (C=O) groups excluding carboxylic acids is 1. The average molecular weight is 394 g/mol. The molecule has 0 aromatic heterocycles. The highest BCUT2D eigenvalue weighted by molar-refractivity contribution is 7.89. The summed E-state index contributed by atoms with van der Waals surface area (Å²) in [5, 5.41) is 3.15. The molecule has 1 aliphatic carbocycles. The van der Waals surface area contributed by atoms with Gasteiger partial charge in [-0.1, -0.05) is 37.5 Å². The van der Waals surface area contributed by atoms with Crippen LogP contribution in [0.3, 0.4) is 0 Å². The number of hydrogen-bond acceptors (Lipinski definition) is 4. The van der Waals surface area contributed by atoms with Crippen molar-refractivity contribution in [2.45, 2.75) is 44.6 Å². The molecule has 1 N–H and O–H groups in total. The fraction of sp³-hybridized carbons (Fsp3) is 0.650. The second-order valence-corrected chi connectivity index (χ2v) is 9.88. The molecule has 3 rings (SSSR count). The summed E-state index contributed by atoms with van der Waals surface area (Å²) >= 11 is 0. The molecule has 27 heavy (non-hydrogen) atoms. The molecule has 0 spiro atoms. The number of rotatable bonds is 6. The molecule has 150 valence electrons. The van der Waals surface area contributed by atoms with Gasteiger partial charge in [0, 0.05) is 43.8 Å². The van der Waals surface area contributed by atoms with E-state index in [1.807, 2.05) is 30.3 Å². The van der Waals surface area contributed by atoms with Gasteiger partial charge in [-0.15, -0.1) is 0 Å². The van der Waals surface area contributed by atoms with Gasteiger partial charge in [0.1, 0.15) is 0 Å². The van der Waals surface area contributed by atoms with Gasteiger partial charge in [0.05, 0.1) is 5.75 Å². The largest absolute Gasteiger partial charge is 0.350 e. The zero-order chi connectivity index (χ0) is 19.3. The van der Waals surface area contributed by atoms with Crippen molar-refractivity contribution in [1.82, 2.24) is 14.5 Å². The zero-order valence-electron chi connectivity index (χ0n) is 16.2. The van der Waals surface area contributed by atoms with E-state index in [4.69, 9.17) is 0 Å². The number of piperazine rings is 1. The third-order valence-corrected chi connectivity index (χ3v) is 7.95. The van der Waals surface area contributed by atoms with E-state index in [9.17, 15) is 13.2 Å². The summed E-state index contributed by atoms with van der Waals surface area (Å²) in [6, 6.07) is 9.31. The van der Waals surface area contributed by atoms with E-state index in [-0.39, 0.29) is 17.2 Å². The molecule has 0 atom stereocenters. The topological polar surface area (TPSA) is 69.7 Å². The molecule has 0 radical (unpaired) electrons. The number of hydrogen-bond donors (Lipinski definition) is 1. The molecule has 1 saturated carbocycles. The maximum atomic E-state index is 12.5. The molecule has 2 aliphatic rings. The Morgan fingerprint density at radius 1 is 1.04 bits per heavy atom. The number of sulfonamides is 1. The fourth-order valence-electron chi connectivity index (χ4n) is 4.37. The molecule has 1 heterocycles. The molecule has 0 bridgehead atoms. The van der Waals surface area contributed by atoms with Gasteiger partial charge in [0.15, 0.2) is 0 Å². The van der Waals surface area contributed by atoms with Crippen molar-refractivity contribution in [3.63, 3.8) is 0 Å². The quantitative estimate of drug-likeness (QED) is 0.803. The van der Waals surface area contributed by atoms with Crippen LogP contribution in [-0.4, -0.2) is 67.5 Å². The summed E-state index contributed by atoms with van der Waals surface area (Å²) < 4.78 is 25.9. The van der Waals surface area contributed by atoms with Crippen molar-refractivity contribution >= 4 is 15.9 Å². The lowest BCUT2D eigenvalue weighted by Gasteiger charge is -2.49.